The summed E-state index contributed by atoms with van der Waals surface area (Å²) in [6.45, 7) is 0. The highest BCUT2D eigenvalue weighted by Gasteiger charge is 2.18. The van der Waals surface area contributed by atoms with E-state index in [1.54, 1.807) is 0 Å². The van der Waals surface area contributed by atoms with E-state index in [1.165, 1.54) is 88.1 Å². The number of fused-ring (bicyclic) bond motifs is 6. The molecule has 9 aromatic carbocycles. The molecule has 0 aliphatic heterocycles. The minimum atomic E-state index is 1.14. The molecule has 0 saturated heterocycles. The molecule has 0 aliphatic carbocycles. The maximum absolute atomic E-state index is 2.43. The molecule has 0 aliphatic rings. The van der Waals surface area contributed by atoms with Crippen LogP contribution < -0.4 is 0 Å². The average molecular weight is 713 g/mol. The van der Waals surface area contributed by atoms with Gasteiger partial charge in [-0.05, 0) is 99.6 Å². The molecule has 11 rings (SSSR count). The van der Waals surface area contributed by atoms with Gasteiger partial charge in [-0.3, -0.25) is 0 Å². The molecule has 0 amide bonds. The number of hydrogen-bond donors (Lipinski definition) is 0. The van der Waals surface area contributed by atoms with Gasteiger partial charge >= 0.3 is 0 Å². The topological polar surface area (TPSA) is 9.86 Å². The predicted molar refractivity (Wildman–Crippen MR) is 237 cm³/mol. The third-order valence-electron chi connectivity index (χ3n) is 11.3. The van der Waals surface area contributed by atoms with Gasteiger partial charge in [-0.2, -0.15) is 0 Å². The number of nitrogens with zero attached hydrogens (tertiary/aromatic N) is 2. The van der Waals surface area contributed by atoms with Crippen LogP contribution in [0.3, 0.4) is 0 Å². The summed E-state index contributed by atoms with van der Waals surface area (Å²) in [5, 5.41) is 5.00. The third-order valence-corrected chi connectivity index (χ3v) is 11.3. The van der Waals surface area contributed by atoms with Gasteiger partial charge in [0, 0.05) is 32.8 Å². The summed E-state index contributed by atoms with van der Waals surface area (Å²) >= 11 is 0. The van der Waals surface area contributed by atoms with Gasteiger partial charge in [0.05, 0.1) is 27.8 Å². The van der Waals surface area contributed by atoms with Crippen molar-refractivity contribution in [2.24, 2.45) is 0 Å². The van der Waals surface area contributed by atoms with E-state index in [0.717, 1.165) is 11.4 Å². The molecule has 0 atom stereocenters. The van der Waals surface area contributed by atoms with E-state index < -0.39 is 0 Å². The van der Waals surface area contributed by atoms with Crippen LogP contribution in [0.5, 0.6) is 0 Å². The smallest absolute Gasteiger partial charge is 0.0541 e. The Labute approximate surface area is 325 Å². The highest BCUT2D eigenvalue weighted by molar-refractivity contribution is 6.12. The summed E-state index contributed by atoms with van der Waals surface area (Å²) < 4.78 is 4.85. The van der Waals surface area contributed by atoms with Crippen molar-refractivity contribution < 1.29 is 0 Å². The molecule has 2 nitrogen and oxygen atoms in total. The molecule has 0 fully saturated rings. The predicted octanol–water partition coefficient (Wildman–Crippen LogP) is 14.5. The molecule has 0 saturated carbocycles. The molecule has 11 aromatic rings. The van der Waals surface area contributed by atoms with Crippen LogP contribution in [0, 0.1) is 0 Å². The monoisotopic (exact) mass is 712 g/mol. The molecule has 262 valence electrons. The quantitative estimate of drug-likeness (QED) is 0.162. The van der Waals surface area contributed by atoms with Crippen molar-refractivity contribution in [1.29, 1.82) is 0 Å². The third kappa shape index (κ3) is 5.26. The van der Waals surface area contributed by atoms with Crippen LogP contribution in [-0.2, 0) is 0 Å². The van der Waals surface area contributed by atoms with Crippen molar-refractivity contribution in [2.75, 3.05) is 0 Å². The lowest BCUT2D eigenvalue weighted by Crippen LogP contribution is -1.98. The molecule has 0 N–H and O–H groups in total. The molecule has 56 heavy (non-hydrogen) atoms. The largest absolute Gasteiger partial charge is 0.309 e. The molecule has 0 spiro atoms. The van der Waals surface area contributed by atoms with Gasteiger partial charge in [-0.15, -0.1) is 0 Å². The average Bonchev–Trinajstić information content (AvgIpc) is 3.79. The van der Waals surface area contributed by atoms with Gasteiger partial charge in [-0.25, -0.2) is 0 Å². The zero-order valence-electron chi connectivity index (χ0n) is 30.7. The Balaban J connectivity index is 1.05. The molecule has 2 aromatic heterocycles. The van der Waals surface area contributed by atoms with Crippen LogP contribution in [0.15, 0.2) is 218 Å². The zero-order chi connectivity index (χ0) is 37.0. The highest BCUT2D eigenvalue weighted by atomic mass is 15.0. The first-order valence-corrected chi connectivity index (χ1v) is 19.3. The van der Waals surface area contributed by atoms with Gasteiger partial charge in [0.1, 0.15) is 0 Å². The van der Waals surface area contributed by atoms with Gasteiger partial charge in [0.15, 0.2) is 0 Å². The van der Waals surface area contributed by atoms with Crippen LogP contribution in [0.25, 0.3) is 99.5 Å². The minimum Gasteiger partial charge on any atom is -0.309 e. The van der Waals surface area contributed by atoms with Crippen LogP contribution in [0.4, 0.5) is 0 Å². The first-order valence-electron chi connectivity index (χ1n) is 19.3. The van der Waals surface area contributed by atoms with Gasteiger partial charge in [0.2, 0.25) is 0 Å². The lowest BCUT2D eigenvalue weighted by atomic mass is 10.0. The Morgan fingerprint density at radius 2 is 0.625 bits per heavy atom. The van der Waals surface area contributed by atoms with E-state index in [0.29, 0.717) is 0 Å². The SMILES string of the molecule is c1ccc(-c2ccc3c(c2)c2cc(-c4ccccc4)ccc2n3-c2ccc(-c3ccccc3-n3c4ccccc4c4cc(-c5ccccc5)ccc43)cc2)cc1. The standard InChI is InChI=1S/C54H36N2/c1-4-14-37(15-5-1)41-28-33-54-47(34-41)46-21-11-13-23-51(46)56(54)50-22-12-10-20-45(50)40-24-29-44(30-25-40)55-52-31-26-42(38-16-6-2-7-17-38)35-48(52)49-36-43(27-32-53(49)55)39-18-8-3-9-19-39/h1-36H. The Hall–Kier alpha value is -7.42. The Morgan fingerprint density at radius 1 is 0.232 bits per heavy atom. The fourth-order valence-electron chi connectivity index (χ4n) is 8.67. The van der Waals surface area contributed by atoms with E-state index in [4.69, 9.17) is 0 Å². The zero-order valence-corrected chi connectivity index (χ0v) is 30.7. The Bertz CT molecular complexity index is 3110. The van der Waals surface area contributed by atoms with Crippen molar-refractivity contribution in [2.45, 2.75) is 0 Å². The summed E-state index contributed by atoms with van der Waals surface area (Å²) in [6, 6.07) is 79.4. The van der Waals surface area contributed by atoms with E-state index in [9.17, 15) is 0 Å². The molecule has 2 heterocycles. The van der Waals surface area contributed by atoms with Gasteiger partial charge in [-0.1, -0.05) is 158 Å². The van der Waals surface area contributed by atoms with Gasteiger partial charge < -0.3 is 9.13 Å². The lowest BCUT2D eigenvalue weighted by Gasteiger charge is -2.15. The van der Waals surface area contributed by atoms with E-state index in [1.807, 2.05) is 0 Å². The van der Waals surface area contributed by atoms with Crippen molar-refractivity contribution in [3.8, 4) is 55.9 Å². The summed E-state index contributed by atoms with van der Waals surface area (Å²) in [7, 11) is 0. The normalized spacial score (nSPS) is 11.6. The molecule has 2 heteroatoms. The summed E-state index contributed by atoms with van der Waals surface area (Å²) in [5.74, 6) is 0. The van der Waals surface area contributed by atoms with Gasteiger partial charge in [0.25, 0.3) is 0 Å². The van der Waals surface area contributed by atoms with E-state index in [2.05, 4.69) is 228 Å². The summed E-state index contributed by atoms with van der Waals surface area (Å²) in [5.41, 5.74) is 16.8. The Kier molecular flexibility index (Phi) is 7.53. The highest BCUT2D eigenvalue weighted by Crippen LogP contribution is 2.40. The minimum absolute atomic E-state index is 1.14. The summed E-state index contributed by atoms with van der Waals surface area (Å²) in [6.07, 6.45) is 0. The lowest BCUT2D eigenvalue weighted by molar-refractivity contribution is 1.17. The molecule has 0 radical (unpaired) electrons. The number of rotatable bonds is 6. The maximum Gasteiger partial charge on any atom is 0.0541 e. The van der Waals surface area contributed by atoms with Crippen LogP contribution in [-0.4, -0.2) is 9.13 Å². The number of para-hydroxylation sites is 2. The van der Waals surface area contributed by atoms with Crippen molar-refractivity contribution in [3.05, 3.63) is 218 Å². The number of benzene rings is 9. The molecule has 0 bridgehead atoms. The summed E-state index contributed by atoms with van der Waals surface area (Å²) in [4.78, 5) is 0. The first-order chi connectivity index (χ1) is 27.8. The molecule has 0 unspecified atom stereocenters. The van der Waals surface area contributed by atoms with Crippen LogP contribution in [0.2, 0.25) is 0 Å². The molecular weight excluding hydrogens is 677 g/mol. The Morgan fingerprint density at radius 3 is 1.16 bits per heavy atom. The van der Waals surface area contributed by atoms with Crippen LogP contribution >= 0.6 is 0 Å². The fourth-order valence-corrected chi connectivity index (χ4v) is 8.67. The number of aromatic nitrogens is 2. The maximum atomic E-state index is 2.43. The van der Waals surface area contributed by atoms with Crippen molar-refractivity contribution in [1.82, 2.24) is 9.13 Å². The second-order valence-electron chi connectivity index (χ2n) is 14.5. The number of hydrogen-bond acceptors (Lipinski definition) is 0. The van der Waals surface area contributed by atoms with Crippen molar-refractivity contribution in [3.63, 3.8) is 0 Å². The van der Waals surface area contributed by atoms with Crippen molar-refractivity contribution >= 4 is 43.6 Å². The first kappa shape index (κ1) is 32.0. The second kappa shape index (κ2) is 13.2. The fraction of sp³-hybridized carbons (Fsp3) is 0. The van der Waals surface area contributed by atoms with Crippen LogP contribution in [0.1, 0.15) is 0 Å². The van der Waals surface area contributed by atoms with E-state index >= 15 is 0 Å². The van der Waals surface area contributed by atoms with E-state index in [-0.39, 0.29) is 0 Å². The molecular formula is C54H36N2. The second-order valence-corrected chi connectivity index (χ2v) is 14.5.